The van der Waals surface area contributed by atoms with Crippen molar-refractivity contribution in [3.05, 3.63) is 71.9 Å². The van der Waals surface area contributed by atoms with Crippen LogP contribution in [0.15, 0.2) is 60.8 Å². The van der Waals surface area contributed by atoms with Crippen molar-refractivity contribution in [1.82, 2.24) is 10.3 Å². The fraction of sp³-hybridized carbons (Fsp3) is 0.318. The fourth-order valence-corrected chi connectivity index (χ4v) is 3.47. The number of hydrogen-bond acceptors (Lipinski definition) is 4. The van der Waals surface area contributed by atoms with Crippen LogP contribution < -0.4 is 10.2 Å². The van der Waals surface area contributed by atoms with Gasteiger partial charge in [-0.05, 0) is 42.3 Å². The largest absolute Gasteiger partial charge is 0.378 e. The Morgan fingerprint density at radius 2 is 1.77 bits per heavy atom. The Morgan fingerprint density at radius 3 is 2.62 bits per heavy atom. The molecule has 0 bridgehead atoms. The van der Waals surface area contributed by atoms with Crippen LogP contribution in [0.3, 0.4) is 0 Å². The van der Waals surface area contributed by atoms with Gasteiger partial charge in [0.05, 0.1) is 18.7 Å². The van der Waals surface area contributed by atoms with E-state index in [2.05, 4.69) is 63.7 Å². The molecule has 4 heteroatoms. The zero-order chi connectivity index (χ0) is 17.6. The van der Waals surface area contributed by atoms with Crippen molar-refractivity contribution in [3.8, 4) is 0 Å². The third-order valence-corrected chi connectivity index (χ3v) is 4.93. The standard InChI is InChI=1S/C22H25N3O/c1-3-19-5-2-11-24-22(19)20(4-1)10-12-23-17-18-6-8-21(9-7-18)25-13-15-26-16-14-25/h1-9,11,23H,10,12-17H2. The van der Waals surface area contributed by atoms with Gasteiger partial charge in [-0.25, -0.2) is 0 Å². The van der Waals surface area contributed by atoms with Crippen LogP contribution in [-0.2, 0) is 17.7 Å². The molecule has 4 rings (SSSR count). The van der Waals surface area contributed by atoms with Gasteiger partial charge < -0.3 is 15.0 Å². The summed E-state index contributed by atoms with van der Waals surface area (Å²) in [6.07, 6.45) is 2.86. The van der Waals surface area contributed by atoms with E-state index in [1.165, 1.54) is 22.2 Å². The topological polar surface area (TPSA) is 37.4 Å². The number of nitrogens with zero attached hydrogens (tertiary/aromatic N) is 2. The summed E-state index contributed by atoms with van der Waals surface area (Å²) in [6, 6.07) is 19.4. The molecule has 26 heavy (non-hydrogen) atoms. The van der Waals surface area contributed by atoms with Gasteiger partial charge in [0, 0.05) is 36.9 Å². The average molecular weight is 347 g/mol. The molecule has 1 aliphatic heterocycles. The summed E-state index contributed by atoms with van der Waals surface area (Å²) in [6.45, 7) is 5.45. The normalized spacial score (nSPS) is 14.7. The molecule has 1 aromatic heterocycles. The van der Waals surface area contributed by atoms with Crippen LogP contribution in [0.25, 0.3) is 10.9 Å². The van der Waals surface area contributed by atoms with E-state index in [0.717, 1.165) is 51.3 Å². The predicted molar refractivity (Wildman–Crippen MR) is 107 cm³/mol. The van der Waals surface area contributed by atoms with Crippen molar-refractivity contribution >= 4 is 16.6 Å². The highest BCUT2D eigenvalue weighted by Crippen LogP contribution is 2.17. The predicted octanol–water partition coefficient (Wildman–Crippen LogP) is 3.40. The van der Waals surface area contributed by atoms with Gasteiger partial charge in [-0.1, -0.05) is 36.4 Å². The van der Waals surface area contributed by atoms with Crippen molar-refractivity contribution in [2.45, 2.75) is 13.0 Å². The molecule has 0 aliphatic carbocycles. The summed E-state index contributed by atoms with van der Waals surface area (Å²) in [5, 5.41) is 4.76. The first-order valence-electron chi connectivity index (χ1n) is 9.35. The molecule has 1 fully saturated rings. The maximum atomic E-state index is 5.42. The van der Waals surface area contributed by atoms with Gasteiger partial charge in [-0.2, -0.15) is 0 Å². The first-order valence-corrected chi connectivity index (χ1v) is 9.35. The third kappa shape index (κ3) is 4.03. The van der Waals surface area contributed by atoms with Crippen LogP contribution in [0.5, 0.6) is 0 Å². The summed E-state index contributed by atoms with van der Waals surface area (Å²) in [5.74, 6) is 0. The van der Waals surface area contributed by atoms with Crippen LogP contribution in [-0.4, -0.2) is 37.8 Å². The lowest BCUT2D eigenvalue weighted by molar-refractivity contribution is 0.122. The quantitative estimate of drug-likeness (QED) is 0.694. The van der Waals surface area contributed by atoms with E-state index >= 15 is 0 Å². The summed E-state index contributed by atoms with van der Waals surface area (Å²) >= 11 is 0. The van der Waals surface area contributed by atoms with E-state index < -0.39 is 0 Å². The van der Waals surface area contributed by atoms with Gasteiger partial charge in [0.25, 0.3) is 0 Å². The van der Waals surface area contributed by atoms with Gasteiger partial charge in [0.1, 0.15) is 0 Å². The van der Waals surface area contributed by atoms with Gasteiger partial charge in [0.15, 0.2) is 0 Å². The van der Waals surface area contributed by atoms with Gasteiger partial charge >= 0.3 is 0 Å². The smallest absolute Gasteiger partial charge is 0.0734 e. The molecular weight excluding hydrogens is 322 g/mol. The van der Waals surface area contributed by atoms with Crippen LogP contribution in [0.4, 0.5) is 5.69 Å². The SMILES string of the molecule is c1cnc2c(CCNCc3ccc(N4CCOCC4)cc3)cccc2c1. The number of para-hydroxylation sites is 1. The number of anilines is 1. The third-order valence-electron chi connectivity index (χ3n) is 4.93. The second-order valence-corrected chi connectivity index (χ2v) is 6.68. The highest BCUT2D eigenvalue weighted by molar-refractivity contribution is 5.81. The molecule has 0 saturated carbocycles. The number of hydrogen-bond donors (Lipinski definition) is 1. The van der Waals surface area contributed by atoms with Crippen LogP contribution in [0, 0.1) is 0 Å². The number of morpholine rings is 1. The summed E-state index contributed by atoms with van der Waals surface area (Å²) in [4.78, 5) is 6.91. The van der Waals surface area contributed by atoms with E-state index in [-0.39, 0.29) is 0 Å². The van der Waals surface area contributed by atoms with Gasteiger partial charge in [-0.3, -0.25) is 4.98 Å². The van der Waals surface area contributed by atoms with Crippen molar-refractivity contribution in [1.29, 1.82) is 0 Å². The van der Waals surface area contributed by atoms with Crippen molar-refractivity contribution in [2.24, 2.45) is 0 Å². The molecule has 1 aliphatic rings. The Balaban J connectivity index is 1.29. The molecule has 0 atom stereocenters. The lowest BCUT2D eigenvalue weighted by Crippen LogP contribution is -2.36. The molecule has 0 unspecified atom stereocenters. The van der Waals surface area contributed by atoms with Crippen LogP contribution in [0.2, 0.25) is 0 Å². The number of rotatable bonds is 6. The number of nitrogens with one attached hydrogen (secondary N) is 1. The minimum Gasteiger partial charge on any atom is -0.378 e. The Bertz CT molecular complexity index is 836. The number of fused-ring (bicyclic) bond motifs is 1. The fourth-order valence-electron chi connectivity index (χ4n) is 3.47. The second-order valence-electron chi connectivity index (χ2n) is 6.68. The van der Waals surface area contributed by atoms with E-state index in [4.69, 9.17) is 4.74 Å². The monoisotopic (exact) mass is 347 g/mol. The molecule has 2 aromatic carbocycles. The molecule has 3 aromatic rings. The van der Waals surface area contributed by atoms with Crippen molar-refractivity contribution in [3.63, 3.8) is 0 Å². The van der Waals surface area contributed by atoms with Crippen molar-refractivity contribution < 1.29 is 4.74 Å². The van der Waals surface area contributed by atoms with E-state index in [1.807, 2.05) is 12.3 Å². The molecular formula is C22H25N3O. The lowest BCUT2D eigenvalue weighted by atomic mass is 10.1. The Hall–Kier alpha value is -2.43. The molecule has 134 valence electrons. The minimum absolute atomic E-state index is 0.826. The van der Waals surface area contributed by atoms with E-state index in [0.29, 0.717) is 0 Å². The summed E-state index contributed by atoms with van der Waals surface area (Å²) in [5.41, 5.74) is 5.03. The van der Waals surface area contributed by atoms with Crippen LogP contribution in [0.1, 0.15) is 11.1 Å². The second kappa shape index (κ2) is 8.30. The number of benzene rings is 2. The Morgan fingerprint density at radius 1 is 0.962 bits per heavy atom. The number of pyridine rings is 1. The van der Waals surface area contributed by atoms with Gasteiger partial charge in [0.2, 0.25) is 0 Å². The first-order chi connectivity index (χ1) is 12.9. The average Bonchev–Trinajstić information content (AvgIpc) is 2.72. The molecule has 4 nitrogen and oxygen atoms in total. The first kappa shape index (κ1) is 17.0. The maximum absolute atomic E-state index is 5.42. The van der Waals surface area contributed by atoms with Gasteiger partial charge in [-0.15, -0.1) is 0 Å². The molecule has 1 N–H and O–H groups in total. The van der Waals surface area contributed by atoms with Crippen LogP contribution >= 0.6 is 0 Å². The molecule has 0 radical (unpaired) electrons. The summed E-state index contributed by atoms with van der Waals surface area (Å²) < 4.78 is 5.42. The molecule has 2 heterocycles. The van der Waals surface area contributed by atoms with E-state index in [1.54, 1.807) is 0 Å². The molecule has 0 amide bonds. The number of aromatic nitrogens is 1. The zero-order valence-corrected chi connectivity index (χ0v) is 15.0. The Labute approximate surface area is 154 Å². The van der Waals surface area contributed by atoms with E-state index in [9.17, 15) is 0 Å². The summed E-state index contributed by atoms with van der Waals surface area (Å²) in [7, 11) is 0. The Kier molecular flexibility index (Phi) is 5.43. The zero-order valence-electron chi connectivity index (χ0n) is 15.0. The highest BCUT2D eigenvalue weighted by Gasteiger charge is 2.10. The minimum atomic E-state index is 0.826. The highest BCUT2D eigenvalue weighted by atomic mass is 16.5. The van der Waals surface area contributed by atoms with Crippen molar-refractivity contribution in [2.75, 3.05) is 37.7 Å². The maximum Gasteiger partial charge on any atom is 0.0734 e. The molecule has 1 saturated heterocycles. The molecule has 0 spiro atoms. The lowest BCUT2D eigenvalue weighted by Gasteiger charge is -2.28. The number of ether oxygens (including phenoxy) is 1.